The number of aromatic amines is 1. The van der Waals surface area contributed by atoms with Crippen LogP contribution in [-0.2, 0) is 10.0 Å². The van der Waals surface area contributed by atoms with E-state index in [0.29, 0.717) is 0 Å². The topological polar surface area (TPSA) is 91.9 Å². The van der Waals surface area contributed by atoms with Crippen molar-refractivity contribution in [3.8, 4) is 0 Å². The number of hydrogen-bond donors (Lipinski definition) is 2. The Balaban J connectivity index is 2.41. The van der Waals surface area contributed by atoms with Crippen molar-refractivity contribution < 1.29 is 8.42 Å². The monoisotopic (exact) mass is 319 g/mol. The Kier molecular flexibility index (Phi) is 3.79. The third-order valence-corrected chi connectivity index (χ3v) is 4.11. The Morgan fingerprint density at radius 2 is 2.00 bits per heavy atom. The van der Waals surface area contributed by atoms with Gasteiger partial charge in [0.25, 0.3) is 15.6 Å². The fourth-order valence-corrected chi connectivity index (χ4v) is 2.75. The minimum atomic E-state index is -3.90. The number of halogens is 2. The van der Waals surface area contributed by atoms with Crippen LogP contribution in [0.3, 0.4) is 0 Å². The summed E-state index contributed by atoms with van der Waals surface area (Å²) in [4.78, 5) is 16.9. The van der Waals surface area contributed by atoms with Crippen molar-refractivity contribution >= 4 is 38.9 Å². The van der Waals surface area contributed by atoms with Crippen LogP contribution in [0.1, 0.15) is 0 Å². The summed E-state index contributed by atoms with van der Waals surface area (Å²) >= 11 is 11.4. The van der Waals surface area contributed by atoms with Crippen LogP contribution in [0.5, 0.6) is 0 Å². The van der Waals surface area contributed by atoms with E-state index in [4.69, 9.17) is 23.2 Å². The molecule has 6 nitrogen and oxygen atoms in total. The van der Waals surface area contributed by atoms with Gasteiger partial charge in [-0.15, -0.1) is 0 Å². The Labute approximate surface area is 118 Å². The zero-order chi connectivity index (χ0) is 14.0. The molecule has 2 heterocycles. The molecule has 0 aliphatic carbocycles. The number of H-pyrrole nitrogens is 1. The molecule has 0 unspecified atom stereocenters. The molecule has 2 aromatic rings. The summed E-state index contributed by atoms with van der Waals surface area (Å²) in [7, 11) is -3.90. The van der Waals surface area contributed by atoms with Crippen molar-refractivity contribution in [2.45, 2.75) is 4.90 Å². The van der Waals surface area contributed by atoms with E-state index in [1.165, 1.54) is 18.5 Å². The van der Waals surface area contributed by atoms with Crippen molar-refractivity contribution in [1.29, 1.82) is 0 Å². The van der Waals surface area contributed by atoms with Gasteiger partial charge >= 0.3 is 0 Å². The third-order valence-electron chi connectivity index (χ3n) is 2.15. The number of aromatic nitrogens is 2. The highest BCUT2D eigenvalue weighted by atomic mass is 35.5. The lowest BCUT2D eigenvalue weighted by molar-refractivity contribution is 0.600. The summed E-state index contributed by atoms with van der Waals surface area (Å²) in [6.07, 6.45) is 3.74. The number of rotatable bonds is 3. The molecule has 100 valence electrons. The average Bonchev–Trinajstić information content (AvgIpc) is 2.35. The van der Waals surface area contributed by atoms with Gasteiger partial charge in [-0.25, -0.2) is 8.42 Å². The zero-order valence-electron chi connectivity index (χ0n) is 9.22. The van der Waals surface area contributed by atoms with Gasteiger partial charge in [0, 0.05) is 12.4 Å². The SMILES string of the molecule is O=c1[nH]cc(S(=O)(=O)Nc2cnccc2Cl)cc1Cl. The summed E-state index contributed by atoms with van der Waals surface area (Å²) in [6, 6.07) is 2.49. The van der Waals surface area contributed by atoms with E-state index in [1.807, 2.05) is 0 Å². The Morgan fingerprint density at radius 1 is 1.26 bits per heavy atom. The van der Waals surface area contributed by atoms with E-state index < -0.39 is 15.6 Å². The number of pyridine rings is 2. The molecule has 2 aromatic heterocycles. The standard InChI is InChI=1S/C10H7Cl2N3O3S/c11-7-1-2-13-5-9(7)15-19(17,18)6-3-8(12)10(16)14-4-6/h1-5,15H,(H,14,16). The first kappa shape index (κ1) is 13.9. The summed E-state index contributed by atoms with van der Waals surface area (Å²) in [6.45, 7) is 0. The van der Waals surface area contributed by atoms with Gasteiger partial charge in [-0.1, -0.05) is 23.2 Å². The van der Waals surface area contributed by atoms with E-state index in [1.54, 1.807) is 0 Å². The Hall–Kier alpha value is -1.57. The van der Waals surface area contributed by atoms with E-state index in [9.17, 15) is 13.2 Å². The summed E-state index contributed by atoms with van der Waals surface area (Å²) < 4.78 is 26.3. The predicted molar refractivity (Wildman–Crippen MR) is 72.1 cm³/mol. The van der Waals surface area contributed by atoms with Gasteiger partial charge in [-0.2, -0.15) is 0 Å². The Bertz CT molecular complexity index is 774. The molecule has 0 radical (unpaired) electrons. The maximum atomic E-state index is 12.0. The molecule has 0 bridgehead atoms. The Morgan fingerprint density at radius 3 is 2.63 bits per heavy atom. The maximum Gasteiger partial charge on any atom is 0.266 e. The molecule has 0 amide bonds. The van der Waals surface area contributed by atoms with Crippen molar-refractivity contribution in [2.75, 3.05) is 4.72 Å². The molecule has 0 aliphatic heterocycles. The second kappa shape index (κ2) is 5.20. The molecular weight excluding hydrogens is 313 g/mol. The van der Waals surface area contributed by atoms with Gasteiger partial charge in [0.2, 0.25) is 0 Å². The lowest BCUT2D eigenvalue weighted by atomic mass is 10.4. The normalized spacial score (nSPS) is 11.3. The fourth-order valence-electron chi connectivity index (χ4n) is 1.25. The number of nitrogens with one attached hydrogen (secondary N) is 2. The number of nitrogens with zero attached hydrogens (tertiary/aromatic N) is 1. The highest BCUT2D eigenvalue weighted by Gasteiger charge is 2.17. The van der Waals surface area contributed by atoms with Gasteiger partial charge in [-0.05, 0) is 12.1 Å². The lowest BCUT2D eigenvalue weighted by Gasteiger charge is -2.08. The lowest BCUT2D eigenvalue weighted by Crippen LogP contribution is -2.16. The minimum Gasteiger partial charge on any atom is -0.326 e. The third kappa shape index (κ3) is 3.06. The highest BCUT2D eigenvalue weighted by molar-refractivity contribution is 7.92. The van der Waals surface area contributed by atoms with Crippen LogP contribution in [0.2, 0.25) is 10.0 Å². The van der Waals surface area contributed by atoms with E-state index >= 15 is 0 Å². The van der Waals surface area contributed by atoms with Crippen LogP contribution in [0.4, 0.5) is 5.69 Å². The minimum absolute atomic E-state index is 0.131. The first-order chi connectivity index (χ1) is 8.90. The van der Waals surface area contributed by atoms with Gasteiger partial charge in [0.05, 0.1) is 16.9 Å². The smallest absolute Gasteiger partial charge is 0.266 e. The summed E-state index contributed by atoms with van der Waals surface area (Å²) in [5.74, 6) is 0. The van der Waals surface area contributed by atoms with Crippen LogP contribution >= 0.6 is 23.2 Å². The van der Waals surface area contributed by atoms with Crippen LogP contribution in [0.15, 0.2) is 40.4 Å². The van der Waals surface area contributed by atoms with Crippen molar-refractivity contribution in [3.63, 3.8) is 0 Å². The molecular formula is C10H7Cl2N3O3S. The second-order valence-corrected chi connectivity index (χ2v) is 5.97. The van der Waals surface area contributed by atoms with Crippen LogP contribution in [0, 0.1) is 0 Å². The first-order valence-electron chi connectivity index (χ1n) is 4.91. The highest BCUT2D eigenvalue weighted by Crippen LogP contribution is 2.22. The van der Waals surface area contributed by atoms with Gasteiger partial charge < -0.3 is 4.98 Å². The van der Waals surface area contributed by atoms with E-state index in [2.05, 4.69) is 14.7 Å². The predicted octanol–water partition coefficient (Wildman–Crippen LogP) is 1.88. The maximum absolute atomic E-state index is 12.0. The summed E-state index contributed by atoms with van der Waals surface area (Å²) in [5.41, 5.74) is -0.438. The van der Waals surface area contributed by atoms with Crippen molar-refractivity contribution in [2.24, 2.45) is 0 Å². The molecule has 0 saturated carbocycles. The van der Waals surface area contributed by atoms with Crippen LogP contribution in [0.25, 0.3) is 0 Å². The van der Waals surface area contributed by atoms with E-state index in [-0.39, 0.29) is 20.6 Å². The molecule has 19 heavy (non-hydrogen) atoms. The van der Waals surface area contributed by atoms with Crippen molar-refractivity contribution in [3.05, 3.63) is 51.1 Å². The quantitative estimate of drug-likeness (QED) is 0.903. The molecule has 0 saturated heterocycles. The van der Waals surface area contributed by atoms with Gasteiger partial charge in [0.15, 0.2) is 0 Å². The summed E-state index contributed by atoms with van der Waals surface area (Å²) in [5, 5.41) is -0.0192. The molecule has 0 fully saturated rings. The molecule has 0 aliphatic rings. The van der Waals surface area contributed by atoms with Crippen molar-refractivity contribution in [1.82, 2.24) is 9.97 Å². The fraction of sp³-hybridized carbons (Fsp3) is 0. The largest absolute Gasteiger partial charge is 0.326 e. The average molecular weight is 320 g/mol. The molecule has 0 aromatic carbocycles. The number of sulfonamides is 1. The van der Waals surface area contributed by atoms with Crippen LogP contribution in [-0.4, -0.2) is 18.4 Å². The number of hydrogen-bond acceptors (Lipinski definition) is 4. The molecule has 2 N–H and O–H groups in total. The molecule has 0 atom stereocenters. The van der Waals surface area contributed by atoms with Gasteiger partial charge in [0.1, 0.15) is 9.92 Å². The first-order valence-corrected chi connectivity index (χ1v) is 7.14. The molecule has 0 spiro atoms. The zero-order valence-corrected chi connectivity index (χ0v) is 11.6. The second-order valence-electron chi connectivity index (χ2n) is 3.47. The van der Waals surface area contributed by atoms with Crippen LogP contribution < -0.4 is 10.3 Å². The van der Waals surface area contributed by atoms with Gasteiger partial charge in [-0.3, -0.25) is 14.5 Å². The molecule has 9 heteroatoms. The molecule has 2 rings (SSSR count). The van der Waals surface area contributed by atoms with E-state index in [0.717, 1.165) is 12.3 Å². The number of anilines is 1.